The maximum atomic E-state index is 11.8. The molecule has 2 rings (SSSR count). The molecule has 2 aliphatic heterocycles. The number of carbonyl (C=O) groups excluding carboxylic acids is 1. The number of rotatable bonds is 3. The fourth-order valence-electron chi connectivity index (χ4n) is 2.58. The van der Waals surface area contributed by atoms with Gasteiger partial charge in [-0.25, -0.2) is 4.79 Å². The van der Waals surface area contributed by atoms with E-state index >= 15 is 0 Å². The van der Waals surface area contributed by atoms with Crippen LogP contribution in [0.15, 0.2) is 0 Å². The van der Waals surface area contributed by atoms with Crippen molar-refractivity contribution in [1.29, 1.82) is 0 Å². The highest BCUT2D eigenvalue weighted by atomic mass is 16.5. The minimum atomic E-state index is 0.112. The van der Waals surface area contributed by atoms with Crippen molar-refractivity contribution in [3.8, 4) is 0 Å². The van der Waals surface area contributed by atoms with E-state index in [2.05, 4.69) is 5.32 Å². The fourth-order valence-corrected chi connectivity index (χ4v) is 2.58. The van der Waals surface area contributed by atoms with Gasteiger partial charge in [-0.05, 0) is 44.9 Å². The van der Waals surface area contributed by atoms with E-state index in [4.69, 9.17) is 4.74 Å². The first-order chi connectivity index (χ1) is 8.36. The van der Waals surface area contributed by atoms with Gasteiger partial charge in [-0.3, -0.25) is 0 Å². The number of carbonyl (C=O) groups is 1. The molecule has 1 atom stereocenters. The van der Waals surface area contributed by atoms with Gasteiger partial charge in [-0.2, -0.15) is 0 Å². The van der Waals surface area contributed by atoms with Crippen molar-refractivity contribution in [2.45, 2.75) is 51.0 Å². The molecular weight excluding hydrogens is 216 g/mol. The molecule has 4 nitrogen and oxygen atoms in total. The van der Waals surface area contributed by atoms with Crippen LogP contribution in [0.1, 0.15) is 44.9 Å². The lowest BCUT2D eigenvalue weighted by atomic mass is 10.1. The lowest BCUT2D eigenvalue weighted by Gasteiger charge is -2.27. The summed E-state index contributed by atoms with van der Waals surface area (Å²) in [6.45, 7) is 3.49. The average molecular weight is 240 g/mol. The number of urea groups is 1. The van der Waals surface area contributed by atoms with Crippen LogP contribution in [-0.4, -0.2) is 43.3 Å². The Morgan fingerprint density at radius 3 is 2.71 bits per heavy atom. The Hall–Kier alpha value is -0.770. The topological polar surface area (TPSA) is 41.6 Å². The summed E-state index contributed by atoms with van der Waals surface area (Å²) in [6.07, 6.45) is 8.50. The first-order valence-electron chi connectivity index (χ1n) is 7.00. The fraction of sp³-hybridized carbons (Fsp3) is 0.923. The van der Waals surface area contributed by atoms with Crippen LogP contribution in [0.25, 0.3) is 0 Å². The molecule has 2 amide bonds. The molecule has 1 unspecified atom stereocenters. The Kier molecular flexibility index (Phi) is 5.10. The second kappa shape index (κ2) is 6.84. The minimum absolute atomic E-state index is 0.112. The summed E-state index contributed by atoms with van der Waals surface area (Å²) in [5, 5.41) is 3.01. The van der Waals surface area contributed by atoms with E-state index in [1.165, 1.54) is 19.3 Å². The summed E-state index contributed by atoms with van der Waals surface area (Å²) >= 11 is 0. The number of hydrogen-bond donors (Lipinski definition) is 1. The molecule has 0 saturated carbocycles. The summed E-state index contributed by atoms with van der Waals surface area (Å²) in [5.41, 5.74) is 0. The third-order valence-electron chi connectivity index (χ3n) is 3.66. The van der Waals surface area contributed by atoms with Crippen molar-refractivity contribution in [1.82, 2.24) is 10.2 Å². The van der Waals surface area contributed by atoms with Gasteiger partial charge in [0.05, 0.1) is 6.10 Å². The van der Waals surface area contributed by atoms with Crippen LogP contribution in [0.4, 0.5) is 4.79 Å². The molecule has 0 aromatic rings. The molecule has 0 spiro atoms. The second-order valence-corrected chi connectivity index (χ2v) is 5.06. The van der Waals surface area contributed by atoms with Crippen LogP contribution in [0.5, 0.6) is 0 Å². The molecule has 2 fully saturated rings. The van der Waals surface area contributed by atoms with E-state index in [0.29, 0.717) is 6.10 Å². The van der Waals surface area contributed by atoms with E-state index in [9.17, 15) is 4.79 Å². The summed E-state index contributed by atoms with van der Waals surface area (Å²) in [7, 11) is 0. The Balaban J connectivity index is 1.58. The third kappa shape index (κ3) is 4.19. The van der Waals surface area contributed by atoms with E-state index in [0.717, 1.165) is 51.9 Å². The van der Waals surface area contributed by atoms with Crippen molar-refractivity contribution in [3.63, 3.8) is 0 Å². The van der Waals surface area contributed by atoms with Crippen molar-refractivity contribution in [2.24, 2.45) is 0 Å². The van der Waals surface area contributed by atoms with Gasteiger partial charge in [0.15, 0.2) is 0 Å². The molecule has 98 valence electrons. The van der Waals surface area contributed by atoms with Crippen LogP contribution in [0.3, 0.4) is 0 Å². The van der Waals surface area contributed by atoms with E-state index in [-0.39, 0.29) is 6.03 Å². The summed E-state index contributed by atoms with van der Waals surface area (Å²) < 4.78 is 5.64. The molecule has 2 heterocycles. The minimum Gasteiger partial charge on any atom is -0.378 e. The van der Waals surface area contributed by atoms with Gasteiger partial charge >= 0.3 is 6.03 Å². The van der Waals surface area contributed by atoms with Crippen molar-refractivity contribution in [3.05, 3.63) is 0 Å². The molecule has 17 heavy (non-hydrogen) atoms. The highest BCUT2D eigenvalue weighted by molar-refractivity contribution is 5.74. The Morgan fingerprint density at radius 2 is 2.00 bits per heavy atom. The van der Waals surface area contributed by atoms with Gasteiger partial charge in [-0.1, -0.05) is 0 Å². The molecule has 2 aliphatic rings. The zero-order chi connectivity index (χ0) is 11.9. The van der Waals surface area contributed by atoms with Crippen LogP contribution in [-0.2, 0) is 4.74 Å². The SMILES string of the molecule is O=C(NCCC1CCCCO1)N1CCCCC1. The number of nitrogens with zero attached hydrogens (tertiary/aromatic N) is 1. The number of likely N-dealkylation sites (tertiary alicyclic amines) is 1. The highest BCUT2D eigenvalue weighted by Crippen LogP contribution is 2.15. The normalized spacial score (nSPS) is 25.6. The average Bonchev–Trinajstić information content (AvgIpc) is 2.41. The van der Waals surface area contributed by atoms with Crippen molar-refractivity contribution < 1.29 is 9.53 Å². The molecule has 0 aromatic carbocycles. The lowest BCUT2D eigenvalue weighted by molar-refractivity contribution is 0.0118. The molecular formula is C13H24N2O2. The van der Waals surface area contributed by atoms with Gasteiger partial charge < -0.3 is 15.0 Å². The number of amides is 2. The van der Waals surface area contributed by atoms with Crippen LogP contribution in [0, 0.1) is 0 Å². The smallest absolute Gasteiger partial charge is 0.317 e. The van der Waals surface area contributed by atoms with Crippen LogP contribution < -0.4 is 5.32 Å². The number of nitrogens with one attached hydrogen (secondary N) is 1. The van der Waals surface area contributed by atoms with Crippen LogP contribution >= 0.6 is 0 Å². The number of piperidine rings is 1. The predicted molar refractivity (Wildman–Crippen MR) is 67.0 cm³/mol. The first kappa shape index (κ1) is 12.7. The van der Waals surface area contributed by atoms with E-state index in [1.54, 1.807) is 0 Å². The molecule has 0 radical (unpaired) electrons. The molecule has 4 heteroatoms. The van der Waals surface area contributed by atoms with Crippen molar-refractivity contribution >= 4 is 6.03 Å². The predicted octanol–water partition coefficient (Wildman–Crippen LogP) is 2.14. The number of hydrogen-bond acceptors (Lipinski definition) is 2. The highest BCUT2D eigenvalue weighted by Gasteiger charge is 2.17. The summed E-state index contributed by atoms with van der Waals surface area (Å²) in [6, 6.07) is 0.112. The Morgan fingerprint density at radius 1 is 1.18 bits per heavy atom. The molecule has 1 N–H and O–H groups in total. The van der Waals surface area contributed by atoms with Crippen LogP contribution in [0.2, 0.25) is 0 Å². The van der Waals surface area contributed by atoms with Gasteiger partial charge in [0.2, 0.25) is 0 Å². The first-order valence-corrected chi connectivity index (χ1v) is 7.00. The Labute approximate surface area is 104 Å². The molecule has 2 saturated heterocycles. The largest absolute Gasteiger partial charge is 0.378 e. The third-order valence-corrected chi connectivity index (χ3v) is 3.66. The molecule has 0 bridgehead atoms. The number of ether oxygens (including phenoxy) is 1. The van der Waals surface area contributed by atoms with Gasteiger partial charge in [0.1, 0.15) is 0 Å². The Bertz CT molecular complexity index is 234. The standard InChI is InChI=1S/C13H24N2O2/c16-13(15-9-3-1-4-10-15)14-8-7-12-6-2-5-11-17-12/h12H,1-11H2,(H,14,16). The lowest BCUT2D eigenvalue weighted by Crippen LogP contribution is -2.43. The quantitative estimate of drug-likeness (QED) is 0.821. The van der Waals surface area contributed by atoms with Crippen molar-refractivity contribution in [2.75, 3.05) is 26.2 Å². The zero-order valence-electron chi connectivity index (χ0n) is 10.6. The maximum Gasteiger partial charge on any atom is 0.317 e. The monoisotopic (exact) mass is 240 g/mol. The molecule has 0 aromatic heterocycles. The van der Waals surface area contributed by atoms with Gasteiger partial charge in [0.25, 0.3) is 0 Å². The maximum absolute atomic E-state index is 11.8. The second-order valence-electron chi connectivity index (χ2n) is 5.06. The zero-order valence-corrected chi connectivity index (χ0v) is 10.6. The molecule has 0 aliphatic carbocycles. The van der Waals surface area contributed by atoms with Gasteiger partial charge in [-0.15, -0.1) is 0 Å². The van der Waals surface area contributed by atoms with E-state index < -0.39 is 0 Å². The summed E-state index contributed by atoms with van der Waals surface area (Å²) in [4.78, 5) is 13.7. The van der Waals surface area contributed by atoms with Gasteiger partial charge in [0, 0.05) is 26.2 Å². The van der Waals surface area contributed by atoms with E-state index in [1.807, 2.05) is 4.90 Å². The summed E-state index contributed by atoms with van der Waals surface area (Å²) in [5.74, 6) is 0.